The van der Waals surface area contributed by atoms with Gasteiger partial charge in [-0.3, -0.25) is 0 Å². The zero-order chi connectivity index (χ0) is 14.1. The van der Waals surface area contributed by atoms with Gasteiger partial charge in [-0.05, 0) is 12.1 Å². The lowest BCUT2D eigenvalue weighted by molar-refractivity contribution is 0.0210. The van der Waals surface area contributed by atoms with Crippen molar-refractivity contribution < 1.29 is 28.1 Å². The number of hydrogen-bond acceptors (Lipinski definition) is 5. The lowest BCUT2D eigenvalue weighted by Gasteiger charge is -2.07. The van der Waals surface area contributed by atoms with Crippen LogP contribution in [0.3, 0.4) is 0 Å². The first-order chi connectivity index (χ1) is 9.19. The summed E-state index contributed by atoms with van der Waals surface area (Å²) in [5.41, 5.74) is -0.127. The van der Waals surface area contributed by atoms with Crippen LogP contribution in [0.25, 0.3) is 0 Å². The largest absolute Gasteiger partial charge is 0.497 e. The molecule has 0 spiro atoms. The molecule has 0 N–H and O–H groups in total. The Balaban J connectivity index is 2.37. The average Bonchev–Trinajstić information content (AvgIpc) is 2.42. The molecular formula is C13H17FO5. The Morgan fingerprint density at radius 1 is 1.16 bits per heavy atom. The molecule has 0 saturated carbocycles. The molecule has 0 aromatic heterocycles. The molecule has 0 bridgehead atoms. The van der Waals surface area contributed by atoms with E-state index in [1.807, 2.05) is 0 Å². The second-order valence-corrected chi connectivity index (χ2v) is 3.59. The quantitative estimate of drug-likeness (QED) is 0.532. The van der Waals surface area contributed by atoms with Crippen LogP contribution in [0, 0.1) is 5.82 Å². The molecule has 0 aliphatic carbocycles. The van der Waals surface area contributed by atoms with E-state index in [0.29, 0.717) is 19.0 Å². The molecule has 1 aromatic rings. The van der Waals surface area contributed by atoms with Crippen molar-refractivity contribution in [3.05, 3.63) is 29.6 Å². The summed E-state index contributed by atoms with van der Waals surface area (Å²) in [5.74, 6) is -1.06. The number of carbonyl (C=O) groups is 1. The van der Waals surface area contributed by atoms with E-state index in [-0.39, 0.29) is 18.8 Å². The van der Waals surface area contributed by atoms with Gasteiger partial charge in [0.25, 0.3) is 0 Å². The third kappa shape index (κ3) is 5.23. The van der Waals surface area contributed by atoms with E-state index in [0.717, 1.165) is 6.07 Å². The summed E-state index contributed by atoms with van der Waals surface area (Å²) in [7, 11) is 2.99. The average molecular weight is 272 g/mol. The minimum absolute atomic E-state index is 0.0635. The first-order valence-corrected chi connectivity index (χ1v) is 5.76. The number of rotatable bonds is 8. The maximum absolute atomic E-state index is 13.5. The van der Waals surface area contributed by atoms with Crippen molar-refractivity contribution in [2.24, 2.45) is 0 Å². The molecule has 0 atom stereocenters. The molecule has 0 amide bonds. The fraction of sp³-hybridized carbons (Fsp3) is 0.462. The molecule has 19 heavy (non-hydrogen) atoms. The monoisotopic (exact) mass is 272 g/mol. The lowest BCUT2D eigenvalue weighted by Crippen LogP contribution is -2.13. The number of ether oxygens (including phenoxy) is 4. The second-order valence-electron chi connectivity index (χ2n) is 3.59. The lowest BCUT2D eigenvalue weighted by atomic mass is 10.2. The van der Waals surface area contributed by atoms with Gasteiger partial charge in [-0.2, -0.15) is 0 Å². The predicted molar refractivity (Wildman–Crippen MR) is 65.9 cm³/mol. The highest BCUT2D eigenvalue weighted by atomic mass is 19.1. The normalized spacial score (nSPS) is 10.3. The van der Waals surface area contributed by atoms with Crippen LogP contribution in [0.2, 0.25) is 0 Å². The Morgan fingerprint density at radius 3 is 2.53 bits per heavy atom. The second kappa shape index (κ2) is 8.44. The van der Waals surface area contributed by atoms with E-state index >= 15 is 0 Å². The summed E-state index contributed by atoms with van der Waals surface area (Å²) in [4.78, 5) is 11.6. The molecule has 6 heteroatoms. The van der Waals surface area contributed by atoms with Crippen LogP contribution < -0.4 is 4.74 Å². The molecule has 0 saturated heterocycles. The zero-order valence-electron chi connectivity index (χ0n) is 11.0. The highest BCUT2D eigenvalue weighted by Gasteiger charge is 2.13. The summed E-state index contributed by atoms with van der Waals surface area (Å²) in [5, 5.41) is 0. The van der Waals surface area contributed by atoms with Crippen molar-refractivity contribution in [2.45, 2.75) is 0 Å². The summed E-state index contributed by atoms with van der Waals surface area (Å²) in [6, 6.07) is 3.95. The van der Waals surface area contributed by atoms with E-state index in [2.05, 4.69) is 0 Å². The van der Waals surface area contributed by atoms with Gasteiger partial charge >= 0.3 is 5.97 Å². The minimum atomic E-state index is -0.726. The van der Waals surface area contributed by atoms with E-state index in [1.54, 1.807) is 7.11 Å². The highest BCUT2D eigenvalue weighted by Crippen LogP contribution is 2.16. The summed E-state index contributed by atoms with van der Waals surface area (Å²) < 4.78 is 33.1. The predicted octanol–water partition coefficient (Wildman–Crippen LogP) is 1.65. The van der Waals surface area contributed by atoms with Crippen LogP contribution >= 0.6 is 0 Å². The third-order valence-electron chi connectivity index (χ3n) is 2.29. The van der Waals surface area contributed by atoms with Gasteiger partial charge in [0.15, 0.2) is 0 Å². The fourth-order valence-corrected chi connectivity index (χ4v) is 1.30. The van der Waals surface area contributed by atoms with Crippen molar-refractivity contribution in [3.8, 4) is 5.75 Å². The van der Waals surface area contributed by atoms with E-state index in [9.17, 15) is 9.18 Å². The van der Waals surface area contributed by atoms with Crippen molar-refractivity contribution in [1.29, 1.82) is 0 Å². The van der Waals surface area contributed by atoms with Crippen molar-refractivity contribution >= 4 is 5.97 Å². The molecule has 0 aliphatic rings. The van der Waals surface area contributed by atoms with Crippen LogP contribution in [0.5, 0.6) is 5.75 Å². The van der Waals surface area contributed by atoms with Crippen LogP contribution in [-0.2, 0) is 14.2 Å². The van der Waals surface area contributed by atoms with Gasteiger partial charge in [0.2, 0.25) is 0 Å². The zero-order valence-corrected chi connectivity index (χ0v) is 11.0. The van der Waals surface area contributed by atoms with Crippen LogP contribution in [0.1, 0.15) is 10.4 Å². The molecule has 1 rings (SSSR count). The standard InChI is InChI=1S/C13H17FO5/c1-16-5-6-18-7-8-19-13(15)11-4-3-10(17-2)9-12(11)14/h3-4,9H,5-8H2,1-2H3. The fourth-order valence-electron chi connectivity index (χ4n) is 1.30. The van der Waals surface area contributed by atoms with Crippen LogP contribution in [0.15, 0.2) is 18.2 Å². The van der Waals surface area contributed by atoms with E-state index in [4.69, 9.17) is 18.9 Å². The van der Waals surface area contributed by atoms with Crippen LogP contribution in [0.4, 0.5) is 4.39 Å². The number of esters is 1. The van der Waals surface area contributed by atoms with E-state index in [1.165, 1.54) is 19.2 Å². The van der Waals surface area contributed by atoms with Gasteiger partial charge in [0.1, 0.15) is 18.2 Å². The molecule has 0 unspecified atom stereocenters. The number of hydrogen-bond donors (Lipinski definition) is 0. The van der Waals surface area contributed by atoms with Crippen molar-refractivity contribution in [1.82, 2.24) is 0 Å². The Kier molecular flexibility index (Phi) is 6.84. The highest BCUT2D eigenvalue weighted by molar-refractivity contribution is 5.89. The summed E-state index contributed by atoms with van der Waals surface area (Å²) in [6.07, 6.45) is 0. The minimum Gasteiger partial charge on any atom is -0.497 e. The molecule has 106 valence electrons. The maximum atomic E-state index is 13.5. The van der Waals surface area contributed by atoms with Gasteiger partial charge in [0.05, 0.1) is 32.5 Å². The number of carbonyl (C=O) groups excluding carboxylic acids is 1. The number of benzene rings is 1. The summed E-state index contributed by atoms with van der Waals surface area (Å²) >= 11 is 0. The molecular weight excluding hydrogens is 255 g/mol. The summed E-state index contributed by atoms with van der Waals surface area (Å²) in [6.45, 7) is 1.20. The molecule has 1 aromatic carbocycles. The Morgan fingerprint density at radius 2 is 1.89 bits per heavy atom. The van der Waals surface area contributed by atoms with Crippen LogP contribution in [-0.4, -0.2) is 46.6 Å². The smallest absolute Gasteiger partial charge is 0.341 e. The molecule has 0 radical (unpaired) electrons. The maximum Gasteiger partial charge on any atom is 0.341 e. The Hall–Kier alpha value is -1.66. The topological polar surface area (TPSA) is 54.0 Å². The van der Waals surface area contributed by atoms with Gasteiger partial charge in [-0.25, -0.2) is 9.18 Å². The van der Waals surface area contributed by atoms with Crippen molar-refractivity contribution in [2.75, 3.05) is 40.6 Å². The van der Waals surface area contributed by atoms with Gasteiger partial charge in [-0.1, -0.05) is 0 Å². The number of halogens is 1. The van der Waals surface area contributed by atoms with E-state index < -0.39 is 11.8 Å². The molecule has 0 heterocycles. The Labute approximate surface area is 111 Å². The van der Waals surface area contributed by atoms with Gasteiger partial charge < -0.3 is 18.9 Å². The van der Waals surface area contributed by atoms with Crippen molar-refractivity contribution in [3.63, 3.8) is 0 Å². The SMILES string of the molecule is COCCOCCOC(=O)c1ccc(OC)cc1F. The third-order valence-corrected chi connectivity index (χ3v) is 2.29. The molecule has 0 aliphatic heterocycles. The molecule has 0 fully saturated rings. The first-order valence-electron chi connectivity index (χ1n) is 5.76. The molecule has 5 nitrogen and oxygen atoms in total. The first kappa shape index (κ1) is 15.4. The van der Waals surface area contributed by atoms with Gasteiger partial charge in [0, 0.05) is 13.2 Å². The van der Waals surface area contributed by atoms with Gasteiger partial charge in [-0.15, -0.1) is 0 Å². The Bertz CT molecular complexity index is 408. The number of methoxy groups -OCH3 is 2.